The van der Waals surface area contributed by atoms with Crippen molar-refractivity contribution < 1.29 is 19.1 Å². The first kappa shape index (κ1) is 18.8. The van der Waals surface area contributed by atoms with Crippen LogP contribution in [-0.4, -0.2) is 23.1 Å². The van der Waals surface area contributed by atoms with Crippen LogP contribution >= 0.6 is 0 Å². The highest BCUT2D eigenvalue weighted by Gasteiger charge is 2.09. The van der Waals surface area contributed by atoms with Crippen LogP contribution in [0.15, 0.2) is 77.9 Å². The largest absolute Gasteiger partial charge is 0.507 e. The van der Waals surface area contributed by atoms with Crippen molar-refractivity contribution in [2.24, 2.45) is 5.10 Å². The number of rotatable bonds is 5. The average Bonchev–Trinajstić information content (AvgIpc) is 2.70. The molecule has 6 nitrogen and oxygen atoms in total. The molecule has 3 N–H and O–H groups in total. The van der Waals surface area contributed by atoms with Gasteiger partial charge in [0.2, 0.25) is 0 Å². The Morgan fingerprint density at radius 1 is 0.893 bits per heavy atom. The standard InChI is InChI=1S/C21H16FN3O3/c22-17-10-8-14(9-11-17)20(27)24-18-6-3-5-15(12-18)21(28)25-23-13-16-4-1-2-7-19(16)26/h1-13,26H,(H,24,27)(H,25,28). The zero-order chi connectivity index (χ0) is 19.9. The molecule has 2 amide bonds. The monoisotopic (exact) mass is 377 g/mol. The molecule has 3 aromatic carbocycles. The van der Waals surface area contributed by atoms with E-state index >= 15 is 0 Å². The summed E-state index contributed by atoms with van der Waals surface area (Å²) in [6.07, 6.45) is 1.33. The van der Waals surface area contributed by atoms with Gasteiger partial charge in [0.1, 0.15) is 11.6 Å². The highest BCUT2D eigenvalue weighted by atomic mass is 19.1. The van der Waals surface area contributed by atoms with Crippen LogP contribution in [0.4, 0.5) is 10.1 Å². The molecular formula is C21H16FN3O3. The molecule has 0 spiro atoms. The first-order chi connectivity index (χ1) is 13.5. The van der Waals surface area contributed by atoms with E-state index in [0.717, 1.165) is 0 Å². The number of carbonyl (C=O) groups is 2. The Kier molecular flexibility index (Phi) is 5.76. The molecule has 0 aliphatic heterocycles. The Labute approximate surface area is 160 Å². The van der Waals surface area contributed by atoms with Crippen LogP contribution in [0.1, 0.15) is 26.3 Å². The molecule has 0 aliphatic rings. The number of nitrogens with one attached hydrogen (secondary N) is 2. The van der Waals surface area contributed by atoms with Crippen molar-refractivity contribution in [1.82, 2.24) is 5.43 Å². The van der Waals surface area contributed by atoms with E-state index in [2.05, 4.69) is 15.8 Å². The third kappa shape index (κ3) is 4.79. The smallest absolute Gasteiger partial charge is 0.271 e. The van der Waals surface area contributed by atoms with Crippen LogP contribution in [0, 0.1) is 5.82 Å². The van der Waals surface area contributed by atoms with Crippen molar-refractivity contribution in [3.05, 3.63) is 95.3 Å². The van der Waals surface area contributed by atoms with E-state index < -0.39 is 17.6 Å². The minimum absolute atomic E-state index is 0.0472. The molecular weight excluding hydrogens is 361 g/mol. The third-order valence-electron chi connectivity index (χ3n) is 3.80. The lowest BCUT2D eigenvalue weighted by atomic mass is 10.1. The fourth-order valence-corrected chi connectivity index (χ4v) is 2.36. The molecule has 0 atom stereocenters. The molecule has 0 aromatic heterocycles. The number of phenolic OH excluding ortho intramolecular Hbond substituents is 1. The maximum atomic E-state index is 12.9. The lowest BCUT2D eigenvalue weighted by molar-refractivity contribution is 0.0953. The van der Waals surface area contributed by atoms with Gasteiger partial charge in [-0.2, -0.15) is 5.10 Å². The Balaban J connectivity index is 1.65. The van der Waals surface area contributed by atoms with Gasteiger partial charge in [0.05, 0.1) is 6.21 Å². The van der Waals surface area contributed by atoms with Crippen LogP contribution in [-0.2, 0) is 0 Å². The molecule has 140 valence electrons. The van der Waals surface area contributed by atoms with Crippen molar-refractivity contribution in [2.45, 2.75) is 0 Å². The van der Waals surface area contributed by atoms with Gasteiger partial charge in [-0.25, -0.2) is 9.82 Å². The molecule has 0 fully saturated rings. The predicted molar refractivity (Wildman–Crippen MR) is 104 cm³/mol. The van der Waals surface area contributed by atoms with Gasteiger partial charge in [-0.3, -0.25) is 9.59 Å². The first-order valence-corrected chi connectivity index (χ1v) is 8.31. The number of anilines is 1. The molecule has 0 saturated carbocycles. The second-order valence-corrected chi connectivity index (χ2v) is 5.80. The number of aromatic hydroxyl groups is 1. The SMILES string of the molecule is O=C(NN=Cc1ccccc1O)c1cccc(NC(=O)c2ccc(F)cc2)c1. The number of hydrazone groups is 1. The molecule has 0 aliphatic carbocycles. The van der Waals surface area contributed by atoms with Gasteiger partial charge in [0.25, 0.3) is 11.8 Å². The second kappa shape index (κ2) is 8.59. The maximum absolute atomic E-state index is 12.9. The lowest BCUT2D eigenvalue weighted by Crippen LogP contribution is -2.18. The van der Waals surface area contributed by atoms with Gasteiger partial charge in [0, 0.05) is 22.4 Å². The van der Waals surface area contributed by atoms with E-state index in [1.165, 1.54) is 42.6 Å². The molecule has 3 rings (SSSR count). The zero-order valence-corrected chi connectivity index (χ0v) is 14.6. The van der Waals surface area contributed by atoms with Crippen molar-refractivity contribution in [3.63, 3.8) is 0 Å². The first-order valence-electron chi connectivity index (χ1n) is 8.31. The lowest BCUT2D eigenvalue weighted by Gasteiger charge is -2.07. The Bertz CT molecular complexity index is 1030. The third-order valence-corrected chi connectivity index (χ3v) is 3.80. The number of hydrogen-bond donors (Lipinski definition) is 3. The Morgan fingerprint density at radius 2 is 1.64 bits per heavy atom. The summed E-state index contributed by atoms with van der Waals surface area (Å²) in [5.41, 5.74) is 3.81. The second-order valence-electron chi connectivity index (χ2n) is 5.80. The maximum Gasteiger partial charge on any atom is 0.271 e. The summed E-state index contributed by atoms with van der Waals surface area (Å²) < 4.78 is 12.9. The normalized spacial score (nSPS) is 10.6. The Hall–Kier alpha value is -4.00. The van der Waals surface area contributed by atoms with Gasteiger partial charge in [0.15, 0.2) is 0 Å². The van der Waals surface area contributed by atoms with Crippen LogP contribution in [0.2, 0.25) is 0 Å². The van der Waals surface area contributed by atoms with Crippen LogP contribution in [0.3, 0.4) is 0 Å². The van der Waals surface area contributed by atoms with Crippen LogP contribution < -0.4 is 10.7 Å². The van der Waals surface area contributed by atoms with Crippen molar-refractivity contribution in [1.29, 1.82) is 0 Å². The molecule has 28 heavy (non-hydrogen) atoms. The fourth-order valence-electron chi connectivity index (χ4n) is 2.36. The highest BCUT2D eigenvalue weighted by molar-refractivity contribution is 6.05. The summed E-state index contributed by atoms with van der Waals surface area (Å²) in [4.78, 5) is 24.4. The number of benzene rings is 3. The fraction of sp³-hybridized carbons (Fsp3) is 0. The van der Waals surface area contributed by atoms with E-state index in [1.807, 2.05) is 0 Å². The Morgan fingerprint density at radius 3 is 2.39 bits per heavy atom. The summed E-state index contributed by atoms with van der Waals surface area (Å²) in [6.45, 7) is 0. The number of phenols is 1. The summed E-state index contributed by atoms with van der Waals surface area (Å²) >= 11 is 0. The number of nitrogens with zero attached hydrogens (tertiary/aromatic N) is 1. The van der Waals surface area contributed by atoms with Crippen molar-refractivity contribution in [3.8, 4) is 5.75 Å². The van der Waals surface area contributed by atoms with Gasteiger partial charge < -0.3 is 10.4 Å². The predicted octanol–water partition coefficient (Wildman–Crippen LogP) is 3.55. The summed E-state index contributed by atoms with van der Waals surface area (Å²) in [7, 11) is 0. The van der Waals surface area contributed by atoms with Crippen LogP contribution in [0.25, 0.3) is 0 Å². The zero-order valence-electron chi connectivity index (χ0n) is 14.6. The number of amides is 2. The van der Waals surface area contributed by atoms with Crippen molar-refractivity contribution >= 4 is 23.7 Å². The van der Waals surface area contributed by atoms with E-state index in [0.29, 0.717) is 16.8 Å². The molecule has 0 unspecified atom stereocenters. The van der Waals surface area contributed by atoms with E-state index in [1.54, 1.807) is 36.4 Å². The molecule has 0 radical (unpaired) electrons. The number of halogens is 1. The average molecular weight is 377 g/mol. The summed E-state index contributed by atoms with van der Waals surface area (Å²) in [5.74, 6) is -1.29. The molecule has 0 heterocycles. The van der Waals surface area contributed by atoms with Gasteiger partial charge in [-0.15, -0.1) is 0 Å². The highest BCUT2D eigenvalue weighted by Crippen LogP contribution is 2.14. The van der Waals surface area contributed by atoms with E-state index in [-0.39, 0.29) is 11.3 Å². The van der Waals surface area contributed by atoms with Gasteiger partial charge in [-0.1, -0.05) is 18.2 Å². The van der Waals surface area contributed by atoms with Gasteiger partial charge in [-0.05, 0) is 54.6 Å². The molecule has 0 bridgehead atoms. The summed E-state index contributed by atoms with van der Waals surface area (Å²) in [5, 5.41) is 16.1. The molecule has 3 aromatic rings. The van der Waals surface area contributed by atoms with Crippen molar-refractivity contribution in [2.75, 3.05) is 5.32 Å². The molecule has 0 saturated heterocycles. The van der Waals surface area contributed by atoms with Crippen LogP contribution in [0.5, 0.6) is 5.75 Å². The number of carbonyl (C=O) groups excluding carboxylic acids is 2. The van der Waals surface area contributed by atoms with E-state index in [9.17, 15) is 19.1 Å². The van der Waals surface area contributed by atoms with Gasteiger partial charge >= 0.3 is 0 Å². The number of hydrogen-bond acceptors (Lipinski definition) is 4. The quantitative estimate of drug-likeness (QED) is 0.469. The molecule has 7 heteroatoms. The minimum Gasteiger partial charge on any atom is -0.507 e. The van der Waals surface area contributed by atoms with E-state index in [4.69, 9.17) is 0 Å². The topological polar surface area (TPSA) is 90.8 Å². The summed E-state index contributed by atoms with van der Waals surface area (Å²) in [6, 6.07) is 18.0. The number of para-hydroxylation sites is 1. The minimum atomic E-state index is -0.482.